The van der Waals surface area contributed by atoms with Crippen LogP contribution >= 0.6 is 0 Å². The number of hydrogen-bond acceptors (Lipinski definition) is 6. The molecule has 8 nitrogen and oxygen atoms in total. The van der Waals surface area contributed by atoms with E-state index in [1.54, 1.807) is 0 Å². The lowest BCUT2D eigenvalue weighted by Gasteiger charge is -2.02. The number of phenols is 1. The van der Waals surface area contributed by atoms with Crippen LogP contribution in [-0.2, 0) is 0 Å². The first-order valence-electron chi connectivity index (χ1n) is 6.70. The van der Waals surface area contributed by atoms with Crippen LogP contribution in [0.2, 0.25) is 0 Å². The molecule has 0 heterocycles. The Kier molecular flexibility index (Phi) is 6.31. The molecule has 0 fully saturated rings. The zero-order valence-corrected chi connectivity index (χ0v) is 13.4. The van der Waals surface area contributed by atoms with E-state index in [0.717, 1.165) is 24.3 Å². The maximum atomic E-state index is 12.9. The first kappa shape index (κ1) is 19.7. The highest BCUT2D eigenvalue weighted by Gasteiger charge is 2.17. The molecule has 0 aliphatic rings. The number of halogens is 2. The summed E-state index contributed by atoms with van der Waals surface area (Å²) in [5.41, 5.74) is -0.331. The predicted molar refractivity (Wildman–Crippen MR) is 83.8 cm³/mol. The third kappa shape index (κ3) is 4.83. The first-order valence-corrected chi connectivity index (χ1v) is 6.70. The van der Waals surface area contributed by atoms with Gasteiger partial charge in [0.2, 0.25) is 0 Å². The highest BCUT2D eigenvalue weighted by molar-refractivity contribution is 5.49. The SMILES string of the molecule is COc1cc(F)c(C)cc1[N+](=O)[O-].Cc1cc([N+](=O)[O-])c(O)cc1F. The topological polar surface area (TPSA) is 116 Å². The van der Waals surface area contributed by atoms with Gasteiger partial charge in [-0.05, 0) is 25.0 Å². The summed E-state index contributed by atoms with van der Waals surface area (Å²) in [5.74, 6) is -1.88. The van der Waals surface area contributed by atoms with Gasteiger partial charge in [0.05, 0.1) is 17.0 Å². The second kappa shape index (κ2) is 7.99. The molecule has 0 aliphatic carbocycles. The molecular weight excluding hydrogens is 342 g/mol. The molecule has 0 saturated heterocycles. The monoisotopic (exact) mass is 356 g/mol. The molecule has 0 spiro atoms. The van der Waals surface area contributed by atoms with Crippen molar-refractivity contribution < 1.29 is 28.5 Å². The van der Waals surface area contributed by atoms with Crippen molar-refractivity contribution in [2.75, 3.05) is 7.11 Å². The zero-order chi connectivity index (χ0) is 19.3. The van der Waals surface area contributed by atoms with Crippen LogP contribution in [0.5, 0.6) is 11.5 Å². The lowest BCUT2D eigenvalue weighted by Crippen LogP contribution is -1.96. The quantitative estimate of drug-likeness (QED) is 0.660. The van der Waals surface area contributed by atoms with Crippen LogP contribution in [0.3, 0.4) is 0 Å². The Morgan fingerprint density at radius 3 is 1.80 bits per heavy atom. The second-order valence-electron chi connectivity index (χ2n) is 4.88. The normalized spacial score (nSPS) is 9.80. The van der Waals surface area contributed by atoms with E-state index in [2.05, 4.69) is 4.74 Å². The number of ether oxygens (including phenoxy) is 1. The molecule has 10 heteroatoms. The fraction of sp³-hybridized carbons (Fsp3) is 0.200. The maximum Gasteiger partial charge on any atom is 0.311 e. The summed E-state index contributed by atoms with van der Waals surface area (Å²) in [6.07, 6.45) is 0. The van der Waals surface area contributed by atoms with Gasteiger partial charge in [0, 0.05) is 24.3 Å². The van der Waals surface area contributed by atoms with Crippen LogP contribution in [0.15, 0.2) is 24.3 Å². The van der Waals surface area contributed by atoms with Gasteiger partial charge in [0.25, 0.3) is 0 Å². The highest BCUT2D eigenvalue weighted by atomic mass is 19.1. The lowest BCUT2D eigenvalue weighted by molar-refractivity contribution is -0.386. The number of methoxy groups -OCH3 is 1. The number of aromatic hydroxyl groups is 1. The molecule has 0 bridgehead atoms. The number of phenolic OH excluding ortho intramolecular Hbond substituents is 1. The number of rotatable bonds is 3. The Hall–Kier alpha value is -3.30. The molecule has 0 radical (unpaired) electrons. The van der Waals surface area contributed by atoms with Crippen LogP contribution in [0.25, 0.3) is 0 Å². The van der Waals surface area contributed by atoms with Crippen molar-refractivity contribution >= 4 is 11.4 Å². The second-order valence-corrected chi connectivity index (χ2v) is 4.88. The highest BCUT2D eigenvalue weighted by Crippen LogP contribution is 2.29. The van der Waals surface area contributed by atoms with Gasteiger partial charge in [-0.1, -0.05) is 0 Å². The Morgan fingerprint density at radius 2 is 1.36 bits per heavy atom. The van der Waals surface area contributed by atoms with Gasteiger partial charge in [0.15, 0.2) is 11.5 Å². The minimum atomic E-state index is -0.762. The minimum Gasteiger partial charge on any atom is -0.502 e. The maximum absolute atomic E-state index is 12.9. The summed E-state index contributed by atoms with van der Waals surface area (Å²) >= 11 is 0. The van der Waals surface area contributed by atoms with Crippen molar-refractivity contribution in [3.63, 3.8) is 0 Å². The van der Waals surface area contributed by atoms with Crippen LogP contribution < -0.4 is 4.74 Å². The molecule has 0 atom stereocenters. The van der Waals surface area contributed by atoms with Crippen molar-refractivity contribution in [2.24, 2.45) is 0 Å². The van der Waals surface area contributed by atoms with Crippen molar-refractivity contribution in [3.05, 3.63) is 67.3 Å². The number of hydrogen-bond donors (Lipinski definition) is 1. The molecule has 0 aromatic heterocycles. The average Bonchev–Trinajstić information content (AvgIpc) is 2.53. The molecule has 2 rings (SSSR count). The van der Waals surface area contributed by atoms with Gasteiger partial charge in [-0.3, -0.25) is 20.2 Å². The van der Waals surface area contributed by atoms with E-state index < -0.39 is 32.9 Å². The molecule has 1 N–H and O–H groups in total. The van der Waals surface area contributed by atoms with E-state index in [4.69, 9.17) is 5.11 Å². The number of nitrogens with zero attached hydrogens (tertiary/aromatic N) is 2. The summed E-state index contributed by atoms with van der Waals surface area (Å²) < 4.78 is 30.2. The average molecular weight is 356 g/mol. The number of aryl methyl sites for hydroxylation is 2. The predicted octanol–water partition coefficient (Wildman–Crippen LogP) is 3.80. The summed E-state index contributed by atoms with van der Waals surface area (Å²) in [4.78, 5) is 19.3. The lowest BCUT2D eigenvalue weighted by atomic mass is 10.2. The third-order valence-corrected chi connectivity index (χ3v) is 3.11. The van der Waals surface area contributed by atoms with Crippen LogP contribution in [0.1, 0.15) is 11.1 Å². The fourth-order valence-electron chi connectivity index (χ4n) is 1.76. The van der Waals surface area contributed by atoms with Crippen LogP contribution in [0, 0.1) is 45.7 Å². The van der Waals surface area contributed by atoms with Gasteiger partial charge in [-0.15, -0.1) is 0 Å². The van der Waals surface area contributed by atoms with Gasteiger partial charge in [0.1, 0.15) is 11.6 Å². The van der Waals surface area contributed by atoms with E-state index in [1.165, 1.54) is 21.0 Å². The minimum absolute atomic E-state index is 0.0619. The summed E-state index contributed by atoms with van der Waals surface area (Å²) in [5, 5.41) is 29.6. The number of nitro groups is 2. The van der Waals surface area contributed by atoms with Crippen molar-refractivity contribution in [1.82, 2.24) is 0 Å². The van der Waals surface area contributed by atoms with E-state index >= 15 is 0 Å². The smallest absolute Gasteiger partial charge is 0.311 e. The fourth-order valence-corrected chi connectivity index (χ4v) is 1.76. The van der Waals surface area contributed by atoms with E-state index in [-0.39, 0.29) is 22.6 Å². The molecule has 25 heavy (non-hydrogen) atoms. The Bertz CT molecular complexity index is 826. The first-order chi connectivity index (χ1) is 11.6. The molecule has 0 unspecified atom stereocenters. The standard InChI is InChI=1S/C8H8FNO3.C7H6FNO3/c1-5-3-7(10(11)12)8(13-2)4-6(5)9;1-4-2-6(9(11)12)7(10)3-5(4)8/h3-4H,1-2H3;2-3,10H,1H3. The summed E-state index contributed by atoms with van der Waals surface area (Å²) in [6.45, 7) is 2.85. The molecule has 134 valence electrons. The Labute approximate surface area is 140 Å². The van der Waals surface area contributed by atoms with E-state index in [0.29, 0.717) is 0 Å². The largest absolute Gasteiger partial charge is 0.502 e. The van der Waals surface area contributed by atoms with Crippen LogP contribution in [-0.4, -0.2) is 22.1 Å². The molecule has 2 aromatic rings. The van der Waals surface area contributed by atoms with Gasteiger partial charge < -0.3 is 9.84 Å². The van der Waals surface area contributed by atoms with Gasteiger partial charge in [-0.25, -0.2) is 8.78 Å². The van der Waals surface area contributed by atoms with Gasteiger partial charge in [-0.2, -0.15) is 0 Å². The summed E-state index contributed by atoms with van der Waals surface area (Å²) in [7, 11) is 1.26. The van der Waals surface area contributed by atoms with Gasteiger partial charge >= 0.3 is 11.4 Å². The Morgan fingerprint density at radius 1 is 0.920 bits per heavy atom. The van der Waals surface area contributed by atoms with Crippen molar-refractivity contribution in [2.45, 2.75) is 13.8 Å². The molecule has 0 amide bonds. The molecule has 2 aromatic carbocycles. The molecular formula is C15H14F2N2O6. The zero-order valence-electron chi connectivity index (χ0n) is 13.4. The van der Waals surface area contributed by atoms with Crippen molar-refractivity contribution in [1.29, 1.82) is 0 Å². The third-order valence-electron chi connectivity index (χ3n) is 3.11. The Balaban J connectivity index is 0.000000251. The van der Waals surface area contributed by atoms with Crippen molar-refractivity contribution in [3.8, 4) is 11.5 Å². The van der Waals surface area contributed by atoms with Crippen LogP contribution in [0.4, 0.5) is 20.2 Å². The number of benzene rings is 2. The molecule has 0 saturated carbocycles. The summed E-state index contributed by atoms with van der Waals surface area (Å²) in [6, 6.07) is 3.87. The van der Waals surface area contributed by atoms with E-state index in [9.17, 15) is 29.0 Å². The number of nitro benzene ring substituents is 2. The van der Waals surface area contributed by atoms with E-state index in [1.807, 2.05) is 0 Å². The molecule has 0 aliphatic heterocycles.